The first kappa shape index (κ1) is 31.8. The van der Waals surface area contributed by atoms with E-state index in [-0.39, 0.29) is 24.0 Å². The number of benzene rings is 2. The Balaban J connectivity index is 0.00000507. The van der Waals surface area contributed by atoms with Crippen LogP contribution in [0.1, 0.15) is 57.8 Å². The minimum atomic E-state index is -1.10. The Morgan fingerprint density at radius 2 is 1.29 bits per heavy atom. The van der Waals surface area contributed by atoms with Gasteiger partial charge in [-0.05, 0) is 56.0 Å². The zero-order valence-electron chi connectivity index (χ0n) is 23.3. The maximum atomic E-state index is 12.3. The third-order valence-corrected chi connectivity index (χ3v) is 7.13. The first-order valence-corrected chi connectivity index (χ1v) is 13.5. The van der Waals surface area contributed by atoms with Gasteiger partial charge in [0.05, 0.1) is 5.97 Å². The molecule has 0 radical (unpaired) electrons. The molecular weight excluding hydrogens is 591 g/mol. The predicted octanol–water partition coefficient (Wildman–Crippen LogP) is -0.143. The number of carbonyl (C=O) groups excluding carboxylic acids is 2. The Labute approximate surface area is 244 Å². The van der Waals surface area contributed by atoms with Crippen molar-refractivity contribution in [3.8, 4) is 0 Å². The molecule has 208 valence electrons. The van der Waals surface area contributed by atoms with Crippen LogP contribution in [-0.2, 0) is 16.1 Å². The van der Waals surface area contributed by atoms with E-state index in [1.165, 1.54) is 33.2 Å². The Morgan fingerprint density at radius 3 is 1.76 bits per heavy atom. The minimum absolute atomic E-state index is 0. The quantitative estimate of drug-likeness (QED) is 0.109. The maximum absolute atomic E-state index is 12.3. The lowest BCUT2D eigenvalue weighted by molar-refractivity contribution is -0.645. The second-order valence-corrected chi connectivity index (χ2v) is 10.5. The van der Waals surface area contributed by atoms with E-state index in [9.17, 15) is 14.7 Å². The molecule has 0 saturated carbocycles. The van der Waals surface area contributed by atoms with Gasteiger partial charge in [0, 0.05) is 88.2 Å². The highest BCUT2D eigenvalue weighted by Gasteiger charge is 2.17. The molecule has 0 amide bonds. The third-order valence-electron chi connectivity index (χ3n) is 7.13. The van der Waals surface area contributed by atoms with Gasteiger partial charge in [-0.1, -0.05) is 6.42 Å². The fraction of sp³-hybridized carbons (Fsp3) is 0.500. The normalized spacial score (nSPS) is 11.8. The second-order valence-electron chi connectivity index (χ2n) is 10.5. The van der Waals surface area contributed by atoms with Gasteiger partial charge in [0.1, 0.15) is 18.4 Å². The number of hydrogen-bond donors (Lipinski definition) is 1. The zero-order chi connectivity index (χ0) is 26.9. The highest BCUT2D eigenvalue weighted by atomic mass is 127. The van der Waals surface area contributed by atoms with Gasteiger partial charge in [-0.3, -0.25) is 4.79 Å². The van der Waals surface area contributed by atoms with Crippen molar-refractivity contribution in [1.29, 1.82) is 0 Å². The highest BCUT2D eigenvalue weighted by molar-refractivity contribution is 5.91. The largest absolute Gasteiger partial charge is 1.00 e. The number of quaternary nitrogens is 1. The van der Waals surface area contributed by atoms with Crippen LogP contribution in [-0.4, -0.2) is 46.0 Å². The van der Waals surface area contributed by atoms with Crippen LogP contribution >= 0.6 is 0 Å². The van der Waals surface area contributed by atoms with E-state index in [1.54, 1.807) is 0 Å². The average molecular weight is 635 g/mol. The Morgan fingerprint density at radius 1 is 0.789 bits per heavy atom. The number of anilines is 2. The molecule has 0 bridgehead atoms. The molecule has 0 aliphatic rings. The molecule has 0 fully saturated rings. The van der Waals surface area contributed by atoms with Crippen molar-refractivity contribution >= 4 is 44.9 Å². The van der Waals surface area contributed by atoms with E-state index in [1.807, 2.05) is 0 Å². The number of carboxylic acid groups (broad SMARTS) is 1. The number of ketones is 1. The molecule has 0 aliphatic carbocycles. The number of nitrogens with zero attached hydrogens (tertiary/aromatic N) is 3. The number of halogens is 1. The fourth-order valence-electron chi connectivity index (χ4n) is 4.77. The molecule has 0 saturated heterocycles. The average Bonchev–Trinajstić information content (AvgIpc) is 2.86. The van der Waals surface area contributed by atoms with Gasteiger partial charge in [-0.15, -0.1) is 0 Å². The van der Waals surface area contributed by atoms with Gasteiger partial charge in [0.2, 0.25) is 11.0 Å². The molecular formula is C30H43IN4O3. The molecule has 3 N–H and O–H groups in total. The van der Waals surface area contributed by atoms with Crippen molar-refractivity contribution in [1.82, 2.24) is 0 Å². The van der Waals surface area contributed by atoms with Crippen molar-refractivity contribution in [3.05, 3.63) is 42.5 Å². The lowest BCUT2D eigenvalue weighted by atomic mass is 10.0. The van der Waals surface area contributed by atoms with E-state index in [0.29, 0.717) is 25.0 Å². The molecule has 3 rings (SSSR count). The smallest absolute Gasteiger partial charge is 0.215 e. The van der Waals surface area contributed by atoms with Crippen LogP contribution < -0.4 is 49.2 Å². The number of aromatic nitrogens is 1. The van der Waals surface area contributed by atoms with Crippen molar-refractivity contribution in [2.24, 2.45) is 0 Å². The van der Waals surface area contributed by atoms with Crippen molar-refractivity contribution < 1.29 is 49.0 Å². The van der Waals surface area contributed by atoms with Gasteiger partial charge in [0.15, 0.2) is 0 Å². The highest BCUT2D eigenvalue weighted by Crippen LogP contribution is 2.25. The number of carbonyl (C=O) groups is 2. The summed E-state index contributed by atoms with van der Waals surface area (Å²) in [4.78, 5) is 27.3. The summed E-state index contributed by atoms with van der Waals surface area (Å²) in [6.45, 7) is 0.903. The van der Waals surface area contributed by atoms with E-state index in [2.05, 4.69) is 90.8 Å². The van der Waals surface area contributed by atoms with Crippen LogP contribution in [0.15, 0.2) is 42.5 Å². The molecule has 0 aliphatic heterocycles. The van der Waals surface area contributed by atoms with Crippen LogP contribution in [0.5, 0.6) is 0 Å². The Bertz CT molecular complexity index is 1160. The lowest BCUT2D eigenvalue weighted by Crippen LogP contribution is -3.00. The van der Waals surface area contributed by atoms with Gasteiger partial charge in [-0.25, -0.2) is 0 Å². The summed E-state index contributed by atoms with van der Waals surface area (Å²) in [6.07, 6.45) is 7.09. The first-order chi connectivity index (χ1) is 17.7. The summed E-state index contributed by atoms with van der Waals surface area (Å²) >= 11 is 0. The topological polar surface area (TPSA) is 95.2 Å². The number of pyridine rings is 1. The molecule has 2 aromatic carbocycles. The summed E-state index contributed by atoms with van der Waals surface area (Å²) in [5, 5.41) is 13.2. The molecule has 3 aromatic rings. The molecule has 1 heterocycles. The van der Waals surface area contributed by atoms with Crippen LogP contribution in [0.3, 0.4) is 0 Å². The standard InChI is InChI=1S/C30H42N4O3.HI/c1-32(2)24-16-14-22-19-23-15-17-25(33(3)4)21-29(23)34(28(22)20-24)18-10-6-8-12-26(35)11-7-5-9-13-27(31)30(36)37;/h14-17,19-21,27H,5-13,18,31H2,1-4H3;1H. The maximum Gasteiger partial charge on any atom is 0.215 e. The Hall–Kier alpha value is -2.46. The summed E-state index contributed by atoms with van der Waals surface area (Å²) < 4.78 is 2.44. The summed E-state index contributed by atoms with van der Waals surface area (Å²) in [5.74, 6) is -0.789. The van der Waals surface area contributed by atoms with Crippen LogP contribution in [0, 0.1) is 0 Å². The number of unbranched alkanes of at least 4 members (excludes halogenated alkanes) is 4. The lowest BCUT2D eigenvalue weighted by Gasteiger charge is -2.15. The van der Waals surface area contributed by atoms with E-state index in [4.69, 9.17) is 0 Å². The summed E-state index contributed by atoms with van der Waals surface area (Å²) in [5.41, 5.74) is 8.39. The van der Waals surface area contributed by atoms with Gasteiger partial charge < -0.3 is 49.4 Å². The zero-order valence-corrected chi connectivity index (χ0v) is 25.5. The van der Waals surface area contributed by atoms with E-state index >= 15 is 0 Å². The van der Waals surface area contributed by atoms with E-state index in [0.717, 1.165) is 45.1 Å². The first-order valence-electron chi connectivity index (χ1n) is 13.5. The molecule has 8 heteroatoms. The molecule has 1 aromatic heterocycles. The number of aryl methyl sites for hydroxylation is 1. The number of rotatable bonds is 15. The van der Waals surface area contributed by atoms with Crippen LogP contribution in [0.25, 0.3) is 21.8 Å². The second kappa shape index (κ2) is 15.2. The monoisotopic (exact) mass is 634 g/mol. The van der Waals surface area contributed by atoms with Crippen molar-refractivity contribution in [2.45, 2.75) is 70.4 Å². The Kier molecular flexibility index (Phi) is 12.7. The molecule has 0 spiro atoms. The number of carboxylic acids is 1. The molecule has 1 unspecified atom stereocenters. The minimum Gasteiger partial charge on any atom is -1.00 e. The molecule has 38 heavy (non-hydrogen) atoms. The van der Waals surface area contributed by atoms with Crippen molar-refractivity contribution in [3.63, 3.8) is 0 Å². The summed E-state index contributed by atoms with van der Waals surface area (Å²) in [7, 11) is 8.27. The predicted molar refractivity (Wildman–Crippen MR) is 149 cm³/mol. The fourth-order valence-corrected chi connectivity index (χ4v) is 4.77. The van der Waals surface area contributed by atoms with Crippen LogP contribution in [0.2, 0.25) is 0 Å². The molecule has 1 atom stereocenters. The van der Waals surface area contributed by atoms with Gasteiger partial charge in [-0.2, -0.15) is 4.57 Å². The number of fused-ring (bicyclic) bond motifs is 2. The number of aliphatic carboxylic acids is 1. The van der Waals surface area contributed by atoms with Crippen LogP contribution in [0.4, 0.5) is 11.4 Å². The third kappa shape index (κ3) is 8.80. The molecule has 7 nitrogen and oxygen atoms in total. The summed E-state index contributed by atoms with van der Waals surface area (Å²) in [6, 6.07) is 14.9. The number of hydrogen-bond acceptors (Lipinski definition) is 5. The van der Waals surface area contributed by atoms with Gasteiger partial charge >= 0.3 is 0 Å². The van der Waals surface area contributed by atoms with Crippen molar-refractivity contribution in [2.75, 3.05) is 38.0 Å². The van der Waals surface area contributed by atoms with Gasteiger partial charge in [0.25, 0.3) is 0 Å². The SMILES string of the molecule is CN(C)c1ccc2cc3ccc(N(C)C)cc3[n+](CCCCCC(=O)CCCCCC([NH3+])C(=O)[O-])c2c1.[I-]. The number of Topliss-reactive ketones (excluding diaryl/α,β-unsaturated/α-hetero) is 1. The van der Waals surface area contributed by atoms with E-state index < -0.39 is 12.0 Å².